The summed E-state index contributed by atoms with van der Waals surface area (Å²) >= 11 is 0. The Bertz CT molecular complexity index is 616. The van der Waals surface area contributed by atoms with Crippen molar-refractivity contribution in [2.45, 2.75) is 18.7 Å². The lowest BCUT2D eigenvalue weighted by Gasteiger charge is -2.18. The van der Waals surface area contributed by atoms with Crippen molar-refractivity contribution in [3.8, 4) is 5.75 Å². The number of nitrogens with one attached hydrogen (secondary N) is 1. The molecule has 23 heavy (non-hydrogen) atoms. The zero-order valence-electron chi connectivity index (χ0n) is 13.9. The van der Waals surface area contributed by atoms with Crippen LogP contribution in [0, 0.1) is 0 Å². The quantitative estimate of drug-likeness (QED) is 0.588. The van der Waals surface area contributed by atoms with Gasteiger partial charge in [-0.1, -0.05) is 13.8 Å². The molecule has 0 aromatic heterocycles. The largest absolute Gasteiger partial charge is 1.00 e. The number of hydrogen-bond donors (Lipinski definition) is 1. The number of methoxy groups -OCH3 is 1. The molecule has 0 atom stereocenters. The summed E-state index contributed by atoms with van der Waals surface area (Å²) in [6, 6.07) is 4.28. The summed E-state index contributed by atoms with van der Waals surface area (Å²) in [4.78, 5) is 14.5. The van der Waals surface area contributed by atoms with Gasteiger partial charge in [0.1, 0.15) is 5.75 Å². The molecule has 0 aliphatic heterocycles. The predicted molar refractivity (Wildman–Crippen MR) is 86.2 cm³/mol. The van der Waals surface area contributed by atoms with E-state index in [1.165, 1.54) is 25.3 Å². The van der Waals surface area contributed by atoms with Gasteiger partial charge in [0, 0.05) is 19.3 Å². The summed E-state index contributed by atoms with van der Waals surface area (Å²) in [7, 11) is -1.92. The Kier molecular flexibility index (Phi) is 9.19. The zero-order valence-corrected chi connectivity index (χ0v) is 15.5. The maximum absolute atomic E-state index is 12.3. The van der Waals surface area contributed by atoms with Gasteiger partial charge < -0.3 is 27.4 Å². The van der Waals surface area contributed by atoms with E-state index in [4.69, 9.17) is 4.74 Å². The minimum Gasteiger partial charge on any atom is -1.00 e. The minimum absolute atomic E-state index is 0. The minimum atomic E-state index is -3.37. The molecule has 1 amide bonds. The van der Waals surface area contributed by atoms with Gasteiger partial charge in [-0.2, -0.15) is 0 Å². The van der Waals surface area contributed by atoms with Crippen molar-refractivity contribution in [2.75, 3.05) is 39.5 Å². The number of amides is 1. The van der Waals surface area contributed by atoms with Crippen LogP contribution in [0.4, 0.5) is 0 Å². The number of benzene rings is 1. The van der Waals surface area contributed by atoms with Crippen molar-refractivity contribution in [1.82, 2.24) is 10.2 Å². The molecule has 1 aromatic rings. The fourth-order valence-electron chi connectivity index (χ4n) is 2.06. The molecule has 1 aromatic carbocycles. The van der Waals surface area contributed by atoms with E-state index < -0.39 is 9.84 Å². The van der Waals surface area contributed by atoms with Crippen LogP contribution < -0.4 is 22.5 Å². The monoisotopic (exact) mass is 363 g/mol. The summed E-state index contributed by atoms with van der Waals surface area (Å²) in [6.45, 7) is 7.19. The third kappa shape index (κ3) is 6.37. The molecule has 1 N–H and O–H groups in total. The van der Waals surface area contributed by atoms with Gasteiger partial charge >= 0.3 is 0 Å². The summed E-state index contributed by atoms with van der Waals surface area (Å²) in [5.74, 6) is 0.0160. The van der Waals surface area contributed by atoms with Gasteiger partial charge in [-0.25, -0.2) is 8.42 Å². The Labute approximate surface area is 144 Å². The van der Waals surface area contributed by atoms with Gasteiger partial charge in [0.15, 0.2) is 9.84 Å². The van der Waals surface area contributed by atoms with E-state index in [1.54, 1.807) is 0 Å². The maximum Gasteiger partial charge on any atom is 0.255 e. The number of likely N-dealkylation sites (N-methyl/N-ethyl adjacent to an activating group) is 1. The van der Waals surface area contributed by atoms with Crippen molar-refractivity contribution < 1.29 is 30.4 Å². The predicted octanol–water partition coefficient (Wildman–Crippen LogP) is -1.83. The van der Waals surface area contributed by atoms with Gasteiger partial charge in [-0.3, -0.25) is 4.79 Å². The van der Waals surface area contributed by atoms with Crippen LogP contribution in [-0.2, 0) is 9.84 Å². The number of sulfone groups is 1. The van der Waals surface area contributed by atoms with Crippen LogP contribution in [0.25, 0.3) is 0 Å². The number of hydrogen-bond acceptors (Lipinski definition) is 5. The first-order valence-electron chi connectivity index (χ1n) is 7.22. The first-order chi connectivity index (χ1) is 10.3. The van der Waals surface area contributed by atoms with Crippen LogP contribution in [0.3, 0.4) is 0 Å². The van der Waals surface area contributed by atoms with E-state index in [1.807, 2.05) is 0 Å². The fraction of sp³-hybridized carbons (Fsp3) is 0.533. The Morgan fingerprint density at radius 2 is 1.87 bits per heavy atom. The first-order valence-corrected chi connectivity index (χ1v) is 9.11. The average Bonchev–Trinajstić information content (AvgIpc) is 2.49. The molecular formula is C15H24ClN2O4S-. The van der Waals surface area contributed by atoms with Crippen LogP contribution in [0.15, 0.2) is 23.1 Å². The van der Waals surface area contributed by atoms with E-state index in [2.05, 4.69) is 24.1 Å². The lowest BCUT2D eigenvalue weighted by molar-refractivity contribution is -0.0000161. The highest BCUT2D eigenvalue weighted by molar-refractivity contribution is 7.90. The van der Waals surface area contributed by atoms with Crippen LogP contribution in [-0.4, -0.2) is 58.8 Å². The van der Waals surface area contributed by atoms with Gasteiger partial charge in [-0.05, 0) is 31.3 Å². The Morgan fingerprint density at radius 3 is 2.35 bits per heavy atom. The highest BCUT2D eigenvalue weighted by Crippen LogP contribution is 2.22. The molecule has 1 rings (SSSR count). The Balaban J connectivity index is 0.00000484. The molecule has 0 bridgehead atoms. The number of carbonyl (C=O) groups excluding carboxylic acids is 1. The second-order valence-electron chi connectivity index (χ2n) is 4.92. The standard InChI is InChI=1S/C15H24N2O4S.ClH/c1-5-17(6-2)10-9-16-15(18)13-11-12(22(4,19)20)7-8-14(13)21-3;/h7-8,11H,5-6,9-10H2,1-4H3,(H,16,18);1H/p-1. The SMILES string of the molecule is CCN(CC)CCNC(=O)c1cc(S(C)(=O)=O)ccc1OC.[Cl-]. The molecule has 0 spiro atoms. The van der Waals surface area contributed by atoms with Crippen molar-refractivity contribution in [3.05, 3.63) is 23.8 Å². The molecule has 132 valence electrons. The van der Waals surface area contributed by atoms with Crippen LogP contribution in [0.5, 0.6) is 5.75 Å². The Morgan fingerprint density at radius 1 is 1.26 bits per heavy atom. The van der Waals surface area contributed by atoms with Crippen molar-refractivity contribution >= 4 is 15.7 Å². The van der Waals surface area contributed by atoms with Gasteiger partial charge in [-0.15, -0.1) is 0 Å². The van der Waals surface area contributed by atoms with Crippen LogP contribution in [0.1, 0.15) is 24.2 Å². The number of ether oxygens (including phenoxy) is 1. The smallest absolute Gasteiger partial charge is 0.255 e. The molecule has 6 nitrogen and oxygen atoms in total. The van der Waals surface area contributed by atoms with E-state index in [9.17, 15) is 13.2 Å². The zero-order chi connectivity index (χ0) is 16.8. The van der Waals surface area contributed by atoms with E-state index in [0.29, 0.717) is 12.3 Å². The summed E-state index contributed by atoms with van der Waals surface area (Å²) in [6.07, 6.45) is 1.11. The van der Waals surface area contributed by atoms with Gasteiger partial charge in [0.2, 0.25) is 0 Å². The highest BCUT2D eigenvalue weighted by atomic mass is 35.5. The van der Waals surface area contributed by atoms with Crippen molar-refractivity contribution in [1.29, 1.82) is 0 Å². The van der Waals surface area contributed by atoms with E-state index in [-0.39, 0.29) is 28.8 Å². The first kappa shape index (κ1) is 21.7. The molecule has 8 heteroatoms. The van der Waals surface area contributed by atoms with E-state index >= 15 is 0 Å². The maximum atomic E-state index is 12.3. The third-order valence-electron chi connectivity index (χ3n) is 3.45. The lowest BCUT2D eigenvalue weighted by Crippen LogP contribution is -3.00. The second-order valence-corrected chi connectivity index (χ2v) is 6.93. The molecule has 0 saturated carbocycles. The molecule has 0 unspecified atom stereocenters. The molecule has 0 aliphatic rings. The highest BCUT2D eigenvalue weighted by Gasteiger charge is 2.16. The Hall–Kier alpha value is -1.31. The second kappa shape index (κ2) is 9.75. The van der Waals surface area contributed by atoms with Crippen molar-refractivity contribution in [3.63, 3.8) is 0 Å². The molecule has 0 fully saturated rings. The lowest BCUT2D eigenvalue weighted by atomic mass is 10.2. The summed E-state index contributed by atoms with van der Waals surface area (Å²) in [5.41, 5.74) is 0.227. The topological polar surface area (TPSA) is 75.7 Å². The summed E-state index contributed by atoms with van der Waals surface area (Å²) in [5, 5.41) is 2.80. The fourth-order valence-corrected chi connectivity index (χ4v) is 2.70. The number of nitrogens with zero attached hydrogens (tertiary/aromatic N) is 1. The van der Waals surface area contributed by atoms with Crippen molar-refractivity contribution in [2.24, 2.45) is 0 Å². The number of rotatable bonds is 8. The molecular weight excluding hydrogens is 340 g/mol. The third-order valence-corrected chi connectivity index (χ3v) is 4.56. The molecule has 0 heterocycles. The number of halogens is 1. The van der Waals surface area contributed by atoms with Crippen LogP contribution >= 0.6 is 0 Å². The normalized spacial score (nSPS) is 11.0. The van der Waals surface area contributed by atoms with E-state index in [0.717, 1.165) is 25.9 Å². The van der Waals surface area contributed by atoms with Crippen LogP contribution in [0.2, 0.25) is 0 Å². The average molecular weight is 364 g/mol. The molecule has 0 radical (unpaired) electrons. The molecule has 0 aliphatic carbocycles. The van der Waals surface area contributed by atoms with Gasteiger partial charge in [0.05, 0.1) is 17.6 Å². The molecule has 0 saturated heterocycles. The number of carbonyl (C=O) groups is 1. The summed E-state index contributed by atoms with van der Waals surface area (Å²) < 4.78 is 28.4. The van der Waals surface area contributed by atoms with Gasteiger partial charge in [0.25, 0.3) is 5.91 Å².